The van der Waals surface area contributed by atoms with E-state index in [0.29, 0.717) is 0 Å². The minimum Gasteiger partial charge on any atom is -0.497 e. The molecule has 0 bridgehead atoms. The maximum absolute atomic E-state index is 5.31. The third-order valence-corrected chi connectivity index (χ3v) is 3.68. The van der Waals surface area contributed by atoms with Crippen molar-refractivity contribution in [3.63, 3.8) is 0 Å². The molecule has 1 aliphatic heterocycles. The lowest BCUT2D eigenvalue weighted by Crippen LogP contribution is -2.18. The molecule has 0 amide bonds. The van der Waals surface area contributed by atoms with Crippen LogP contribution in [0.15, 0.2) is 23.2 Å². The monoisotopic (exact) mass is 293 g/mol. The Morgan fingerprint density at radius 2 is 2.15 bits per heavy atom. The summed E-state index contributed by atoms with van der Waals surface area (Å²) in [5, 5.41) is 4.58. The number of fused-ring (bicyclic) bond motifs is 1. The molecule has 2 aromatic rings. The third kappa shape index (κ3) is 2.75. The molecule has 1 aliphatic rings. The highest BCUT2D eigenvalue weighted by molar-refractivity contribution is 5.88. The van der Waals surface area contributed by atoms with Gasteiger partial charge >= 0.3 is 0 Å². The summed E-state index contributed by atoms with van der Waals surface area (Å²) in [5.74, 6) is 2.04. The van der Waals surface area contributed by atoms with Gasteiger partial charge in [-0.05, 0) is 37.1 Å². The molecule has 0 aliphatic carbocycles. The van der Waals surface area contributed by atoms with Gasteiger partial charge in [0.1, 0.15) is 5.75 Å². The fourth-order valence-corrected chi connectivity index (χ4v) is 2.67. The predicted molar refractivity (Wildman–Crippen MR) is 85.5 cm³/mol. The summed E-state index contributed by atoms with van der Waals surface area (Å²) in [7, 11) is 1.71. The van der Waals surface area contributed by atoms with E-state index in [9.17, 15) is 0 Å². The number of nitrogens with one attached hydrogen (secondary N) is 2. The van der Waals surface area contributed by atoms with Gasteiger partial charge in [-0.15, -0.1) is 12.4 Å². The second-order valence-electron chi connectivity index (χ2n) is 4.90. The minimum atomic E-state index is 0. The third-order valence-electron chi connectivity index (χ3n) is 3.68. The van der Waals surface area contributed by atoms with Gasteiger partial charge in [-0.1, -0.05) is 0 Å². The molecule has 108 valence electrons. The highest BCUT2D eigenvalue weighted by Gasteiger charge is 2.11. The standard InChI is InChI=1S/C15H19N3O.ClH/c1-10-12(4-6-15-16-7-8-17-15)13-9-11(19-2)3-5-14(13)18-10;/h3,5,9,18H,4,6-8H2,1-2H3,(H,16,17);1H. The van der Waals surface area contributed by atoms with E-state index in [0.717, 1.165) is 37.5 Å². The molecule has 5 heteroatoms. The highest BCUT2D eigenvalue weighted by atomic mass is 35.5. The molecule has 0 saturated carbocycles. The van der Waals surface area contributed by atoms with Crippen molar-refractivity contribution in [1.29, 1.82) is 0 Å². The first-order valence-electron chi connectivity index (χ1n) is 6.70. The average molecular weight is 294 g/mol. The zero-order valence-corrected chi connectivity index (χ0v) is 12.6. The Kier molecular flexibility index (Phi) is 4.55. The highest BCUT2D eigenvalue weighted by Crippen LogP contribution is 2.27. The first-order valence-corrected chi connectivity index (χ1v) is 6.70. The number of amidine groups is 1. The summed E-state index contributed by atoms with van der Waals surface area (Å²) >= 11 is 0. The summed E-state index contributed by atoms with van der Waals surface area (Å²) in [6.07, 6.45) is 1.98. The number of hydrogen-bond donors (Lipinski definition) is 2. The molecule has 3 rings (SSSR count). The van der Waals surface area contributed by atoms with Gasteiger partial charge in [0.2, 0.25) is 0 Å². The van der Waals surface area contributed by atoms with Crippen LogP contribution in [0.2, 0.25) is 0 Å². The molecule has 2 heterocycles. The van der Waals surface area contributed by atoms with Crippen LogP contribution in [-0.2, 0) is 6.42 Å². The molecule has 0 atom stereocenters. The lowest BCUT2D eigenvalue weighted by atomic mass is 10.1. The number of aliphatic imine (C=N–C) groups is 1. The van der Waals surface area contributed by atoms with Crippen molar-refractivity contribution in [3.8, 4) is 5.75 Å². The van der Waals surface area contributed by atoms with Crippen molar-refractivity contribution in [2.45, 2.75) is 19.8 Å². The van der Waals surface area contributed by atoms with Crippen LogP contribution in [0.1, 0.15) is 17.7 Å². The molecule has 20 heavy (non-hydrogen) atoms. The van der Waals surface area contributed by atoms with Gasteiger partial charge in [0.25, 0.3) is 0 Å². The Hall–Kier alpha value is -1.68. The number of halogens is 1. The SMILES string of the molecule is COc1ccc2[nH]c(C)c(CCC3=NCCN3)c2c1.Cl. The Labute approximate surface area is 125 Å². The zero-order chi connectivity index (χ0) is 13.2. The summed E-state index contributed by atoms with van der Waals surface area (Å²) < 4.78 is 5.31. The number of H-pyrrole nitrogens is 1. The van der Waals surface area contributed by atoms with Crippen LogP contribution in [0.4, 0.5) is 0 Å². The summed E-state index contributed by atoms with van der Waals surface area (Å²) in [6, 6.07) is 6.18. The van der Waals surface area contributed by atoms with E-state index in [2.05, 4.69) is 34.3 Å². The first-order chi connectivity index (χ1) is 9.28. The van der Waals surface area contributed by atoms with E-state index >= 15 is 0 Å². The van der Waals surface area contributed by atoms with Crippen LogP contribution in [0.25, 0.3) is 10.9 Å². The largest absolute Gasteiger partial charge is 0.497 e. The van der Waals surface area contributed by atoms with Crippen molar-refractivity contribution >= 4 is 29.1 Å². The van der Waals surface area contributed by atoms with Crippen LogP contribution >= 0.6 is 12.4 Å². The lowest BCUT2D eigenvalue weighted by molar-refractivity contribution is 0.415. The molecule has 0 saturated heterocycles. The topological polar surface area (TPSA) is 49.4 Å². The Bertz CT molecular complexity index is 633. The Morgan fingerprint density at radius 3 is 2.85 bits per heavy atom. The molecular formula is C15H20ClN3O. The molecular weight excluding hydrogens is 274 g/mol. The number of benzene rings is 1. The average Bonchev–Trinajstić information content (AvgIpc) is 3.03. The maximum atomic E-state index is 5.31. The summed E-state index contributed by atoms with van der Waals surface area (Å²) in [5.41, 5.74) is 3.78. The van der Waals surface area contributed by atoms with Crippen molar-refractivity contribution < 1.29 is 4.74 Å². The van der Waals surface area contributed by atoms with Gasteiger partial charge in [-0.2, -0.15) is 0 Å². The van der Waals surface area contributed by atoms with E-state index in [4.69, 9.17) is 4.74 Å². The van der Waals surface area contributed by atoms with Crippen LogP contribution in [0.5, 0.6) is 5.75 Å². The van der Waals surface area contributed by atoms with Crippen molar-refractivity contribution in [3.05, 3.63) is 29.5 Å². The van der Waals surface area contributed by atoms with E-state index in [-0.39, 0.29) is 12.4 Å². The number of ether oxygens (including phenoxy) is 1. The Morgan fingerprint density at radius 1 is 1.30 bits per heavy atom. The number of hydrogen-bond acceptors (Lipinski definition) is 3. The van der Waals surface area contributed by atoms with Crippen LogP contribution in [0, 0.1) is 6.92 Å². The fraction of sp³-hybridized carbons (Fsp3) is 0.400. The van der Waals surface area contributed by atoms with Gasteiger partial charge in [0.15, 0.2) is 0 Å². The van der Waals surface area contributed by atoms with E-state index in [1.165, 1.54) is 22.2 Å². The van der Waals surface area contributed by atoms with Gasteiger partial charge in [-0.25, -0.2) is 0 Å². The second-order valence-corrected chi connectivity index (χ2v) is 4.90. The molecule has 0 spiro atoms. The normalized spacial score (nSPS) is 13.8. The number of aromatic nitrogens is 1. The van der Waals surface area contributed by atoms with Gasteiger partial charge in [-0.3, -0.25) is 4.99 Å². The first kappa shape index (κ1) is 14.7. The van der Waals surface area contributed by atoms with Gasteiger partial charge < -0.3 is 15.0 Å². The second kappa shape index (κ2) is 6.18. The van der Waals surface area contributed by atoms with E-state index < -0.39 is 0 Å². The number of aromatic amines is 1. The molecule has 2 N–H and O–H groups in total. The maximum Gasteiger partial charge on any atom is 0.119 e. The van der Waals surface area contributed by atoms with Crippen LogP contribution in [-0.4, -0.2) is 31.0 Å². The van der Waals surface area contributed by atoms with Gasteiger partial charge in [0, 0.05) is 29.6 Å². The summed E-state index contributed by atoms with van der Waals surface area (Å²) in [4.78, 5) is 7.89. The number of nitrogens with zero attached hydrogens (tertiary/aromatic N) is 1. The molecule has 1 aromatic carbocycles. The molecule has 0 fully saturated rings. The Balaban J connectivity index is 0.00000147. The zero-order valence-electron chi connectivity index (χ0n) is 11.8. The molecule has 1 aromatic heterocycles. The number of methoxy groups -OCH3 is 1. The number of aryl methyl sites for hydroxylation is 2. The lowest BCUT2D eigenvalue weighted by Gasteiger charge is -2.04. The van der Waals surface area contributed by atoms with Crippen molar-refractivity contribution in [2.75, 3.05) is 20.2 Å². The minimum absolute atomic E-state index is 0. The molecule has 4 nitrogen and oxygen atoms in total. The van der Waals surface area contributed by atoms with Crippen molar-refractivity contribution in [2.24, 2.45) is 4.99 Å². The van der Waals surface area contributed by atoms with E-state index in [1.807, 2.05) is 6.07 Å². The van der Waals surface area contributed by atoms with Gasteiger partial charge in [0.05, 0.1) is 19.5 Å². The smallest absolute Gasteiger partial charge is 0.119 e. The predicted octanol–water partition coefficient (Wildman–Crippen LogP) is 2.84. The fourth-order valence-electron chi connectivity index (χ4n) is 2.67. The van der Waals surface area contributed by atoms with Crippen LogP contribution in [0.3, 0.4) is 0 Å². The number of rotatable bonds is 4. The molecule has 0 radical (unpaired) electrons. The van der Waals surface area contributed by atoms with E-state index in [1.54, 1.807) is 7.11 Å². The molecule has 0 unspecified atom stereocenters. The summed E-state index contributed by atoms with van der Waals surface area (Å²) in [6.45, 7) is 4.03. The van der Waals surface area contributed by atoms with Crippen molar-refractivity contribution in [1.82, 2.24) is 10.3 Å². The van der Waals surface area contributed by atoms with Crippen LogP contribution < -0.4 is 10.1 Å². The quantitative estimate of drug-likeness (QED) is 0.911.